The molecule has 0 radical (unpaired) electrons. The Hall–Kier alpha value is -0.560. The SMILES string of the molecule is C=C(CC[C@@H](C)[C@H]1CC[C@H]2C3=CC[C@H]4C[C@@H](O)CC[C@]4(C)[C@H]3CC[C@]12C)C(C)(C)C. The fourth-order valence-corrected chi connectivity index (χ4v) is 8.44. The van der Waals surface area contributed by atoms with Gasteiger partial charge < -0.3 is 5.11 Å². The monoisotopic (exact) mass is 412 g/mol. The summed E-state index contributed by atoms with van der Waals surface area (Å²) in [6.07, 6.45) is 15.3. The van der Waals surface area contributed by atoms with Gasteiger partial charge in [-0.3, -0.25) is 0 Å². The highest BCUT2D eigenvalue weighted by atomic mass is 16.3. The molecule has 0 bridgehead atoms. The first-order valence-corrected chi connectivity index (χ1v) is 13.0. The summed E-state index contributed by atoms with van der Waals surface area (Å²) in [5.41, 5.74) is 4.46. The third kappa shape index (κ3) is 3.66. The minimum atomic E-state index is -0.0496. The minimum Gasteiger partial charge on any atom is -0.393 e. The van der Waals surface area contributed by atoms with E-state index < -0.39 is 0 Å². The molecule has 170 valence electrons. The van der Waals surface area contributed by atoms with E-state index in [4.69, 9.17) is 0 Å². The molecule has 4 aliphatic carbocycles. The third-order valence-corrected chi connectivity index (χ3v) is 10.8. The molecule has 1 nitrogen and oxygen atoms in total. The van der Waals surface area contributed by atoms with E-state index >= 15 is 0 Å². The van der Waals surface area contributed by atoms with Gasteiger partial charge in [-0.25, -0.2) is 0 Å². The molecule has 0 amide bonds. The first-order chi connectivity index (χ1) is 14.0. The van der Waals surface area contributed by atoms with Crippen molar-refractivity contribution < 1.29 is 5.11 Å². The van der Waals surface area contributed by atoms with Gasteiger partial charge in [0.15, 0.2) is 0 Å². The maximum atomic E-state index is 10.3. The number of hydrogen-bond donors (Lipinski definition) is 1. The average molecular weight is 413 g/mol. The van der Waals surface area contributed by atoms with Crippen molar-refractivity contribution >= 4 is 0 Å². The molecule has 3 saturated carbocycles. The lowest BCUT2D eigenvalue weighted by Crippen LogP contribution is -2.49. The van der Waals surface area contributed by atoms with E-state index in [9.17, 15) is 5.11 Å². The van der Waals surface area contributed by atoms with E-state index in [0.717, 1.165) is 36.5 Å². The maximum Gasteiger partial charge on any atom is 0.0543 e. The second-order valence-corrected chi connectivity index (χ2v) is 13.3. The average Bonchev–Trinajstić information content (AvgIpc) is 3.03. The van der Waals surface area contributed by atoms with Gasteiger partial charge >= 0.3 is 0 Å². The summed E-state index contributed by atoms with van der Waals surface area (Å²) < 4.78 is 0. The van der Waals surface area contributed by atoms with Crippen LogP contribution < -0.4 is 0 Å². The van der Waals surface area contributed by atoms with Crippen LogP contribution in [-0.4, -0.2) is 11.2 Å². The van der Waals surface area contributed by atoms with Crippen LogP contribution in [-0.2, 0) is 0 Å². The quantitative estimate of drug-likeness (QED) is 0.464. The lowest BCUT2D eigenvalue weighted by atomic mass is 9.47. The van der Waals surface area contributed by atoms with Crippen LogP contribution in [0.25, 0.3) is 0 Å². The molecular weight excluding hydrogens is 364 g/mol. The highest BCUT2D eigenvalue weighted by molar-refractivity contribution is 5.27. The van der Waals surface area contributed by atoms with Crippen LogP contribution >= 0.6 is 0 Å². The van der Waals surface area contributed by atoms with Crippen LogP contribution in [0.3, 0.4) is 0 Å². The van der Waals surface area contributed by atoms with Crippen LogP contribution in [0.2, 0.25) is 0 Å². The molecule has 1 N–H and O–H groups in total. The van der Waals surface area contributed by atoms with E-state index in [2.05, 4.69) is 54.2 Å². The Labute approximate surface area is 186 Å². The van der Waals surface area contributed by atoms with Gasteiger partial charge in [-0.15, -0.1) is 0 Å². The summed E-state index contributed by atoms with van der Waals surface area (Å²) in [5, 5.41) is 10.3. The molecule has 30 heavy (non-hydrogen) atoms. The third-order valence-electron chi connectivity index (χ3n) is 10.8. The molecule has 0 aromatic carbocycles. The van der Waals surface area contributed by atoms with Crippen LogP contribution in [0.1, 0.15) is 106 Å². The zero-order valence-electron chi connectivity index (χ0n) is 20.8. The van der Waals surface area contributed by atoms with Gasteiger partial charge in [0.05, 0.1) is 6.10 Å². The summed E-state index contributed by atoms with van der Waals surface area (Å²) in [6.45, 7) is 19.1. The molecule has 0 saturated heterocycles. The van der Waals surface area contributed by atoms with E-state index in [1.807, 2.05) is 5.57 Å². The number of rotatable bonds is 4. The van der Waals surface area contributed by atoms with Crippen LogP contribution in [0, 0.1) is 45.8 Å². The molecule has 0 heterocycles. The standard InChI is InChI=1S/C29H48O/c1-19(8-9-20(2)27(3,4)5)24-12-13-25-23-11-10-21-18-22(30)14-16-28(21,6)26(23)15-17-29(24,25)7/h11,19,21-22,24-26,30H,2,8-10,12-18H2,1,3-7H3/t19-,21+,22+,24-,25+,26+,28+,29-/m1/s1. The minimum absolute atomic E-state index is 0.0496. The summed E-state index contributed by atoms with van der Waals surface area (Å²) in [7, 11) is 0. The number of hydrogen-bond acceptors (Lipinski definition) is 1. The predicted octanol–water partition coefficient (Wildman–Crippen LogP) is 7.94. The number of aliphatic hydroxyl groups is 1. The second-order valence-electron chi connectivity index (χ2n) is 13.3. The predicted molar refractivity (Wildman–Crippen MR) is 128 cm³/mol. The number of allylic oxidation sites excluding steroid dienone is 3. The highest BCUT2D eigenvalue weighted by Gasteiger charge is 2.58. The zero-order chi connectivity index (χ0) is 21.9. The highest BCUT2D eigenvalue weighted by Crippen LogP contribution is 2.67. The lowest BCUT2D eigenvalue weighted by molar-refractivity contribution is -0.0427. The largest absolute Gasteiger partial charge is 0.393 e. The molecule has 8 atom stereocenters. The number of aliphatic hydroxyl groups excluding tert-OH is 1. The summed E-state index contributed by atoms with van der Waals surface area (Å²) in [6, 6.07) is 0. The van der Waals surface area contributed by atoms with Gasteiger partial charge in [0.2, 0.25) is 0 Å². The topological polar surface area (TPSA) is 20.2 Å². The Balaban J connectivity index is 1.49. The Kier molecular flexibility index (Phi) is 5.87. The lowest BCUT2D eigenvalue weighted by Gasteiger charge is -2.57. The Bertz CT molecular complexity index is 696. The smallest absolute Gasteiger partial charge is 0.0543 e. The van der Waals surface area contributed by atoms with E-state index in [-0.39, 0.29) is 11.5 Å². The van der Waals surface area contributed by atoms with Crippen LogP contribution in [0.15, 0.2) is 23.8 Å². The normalized spacial score (nSPS) is 44.5. The first-order valence-electron chi connectivity index (χ1n) is 13.0. The molecule has 0 unspecified atom stereocenters. The van der Waals surface area contributed by atoms with Crippen molar-refractivity contribution in [3.63, 3.8) is 0 Å². The molecule has 0 aromatic heterocycles. The Morgan fingerprint density at radius 3 is 2.47 bits per heavy atom. The van der Waals surface area contributed by atoms with Gasteiger partial charge in [0.25, 0.3) is 0 Å². The van der Waals surface area contributed by atoms with Gasteiger partial charge in [-0.1, -0.05) is 65.3 Å². The van der Waals surface area contributed by atoms with Gasteiger partial charge in [0.1, 0.15) is 0 Å². The molecule has 0 aromatic rings. The molecule has 4 aliphatic rings. The number of fused-ring (bicyclic) bond motifs is 5. The second kappa shape index (κ2) is 7.79. The van der Waals surface area contributed by atoms with Gasteiger partial charge in [-0.05, 0) is 110 Å². The van der Waals surface area contributed by atoms with Gasteiger partial charge in [0, 0.05) is 0 Å². The maximum absolute atomic E-state index is 10.3. The van der Waals surface area contributed by atoms with Crippen molar-refractivity contribution in [2.45, 2.75) is 112 Å². The van der Waals surface area contributed by atoms with Crippen LogP contribution in [0.4, 0.5) is 0 Å². The molecular formula is C29H48O. The Morgan fingerprint density at radius 2 is 1.77 bits per heavy atom. The van der Waals surface area contributed by atoms with Crippen molar-refractivity contribution in [1.82, 2.24) is 0 Å². The van der Waals surface area contributed by atoms with E-state index in [1.165, 1.54) is 56.9 Å². The van der Waals surface area contributed by atoms with E-state index in [1.54, 1.807) is 0 Å². The summed E-state index contributed by atoms with van der Waals surface area (Å²) in [4.78, 5) is 0. The zero-order valence-corrected chi connectivity index (χ0v) is 20.8. The van der Waals surface area contributed by atoms with Gasteiger partial charge in [-0.2, -0.15) is 0 Å². The molecule has 3 fully saturated rings. The molecule has 0 aliphatic heterocycles. The van der Waals surface area contributed by atoms with Crippen molar-refractivity contribution in [1.29, 1.82) is 0 Å². The van der Waals surface area contributed by atoms with Crippen molar-refractivity contribution in [2.24, 2.45) is 45.8 Å². The molecule has 4 rings (SSSR count). The molecule has 1 heteroatoms. The fourth-order valence-electron chi connectivity index (χ4n) is 8.44. The molecule has 0 spiro atoms. The summed E-state index contributed by atoms with van der Waals surface area (Å²) in [5.74, 6) is 3.98. The Morgan fingerprint density at radius 1 is 1.10 bits per heavy atom. The first kappa shape index (κ1) is 22.6. The summed E-state index contributed by atoms with van der Waals surface area (Å²) >= 11 is 0. The van der Waals surface area contributed by atoms with Crippen molar-refractivity contribution in [2.75, 3.05) is 0 Å². The van der Waals surface area contributed by atoms with Crippen molar-refractivity contribution in [3.8, 4) is 0 Å². The van der Waals surface area contributed by atoms with Crippen molar-refractivity contribution in [3.05, 3.63) is 23.8 Å². The van der Waals surface area contributed by atoms with E-state index in [0.29, 0.717) is 16.7 Å². The fraction of sp³-hybridized carbons (Fsp3) is 0.862. The van der Waals surface area contributed by atoms with Crippen LogP contribution in [0.5, 0.6) is 0 Å².